The lowest BCUT2D eigenvalue weighted by atomic mass is 9.95. The van der Waals surface area contributed by atoms with Gasteiger partial charge >= 0.3 is 0 Å². The normalized spacial score (nSPS) is 11.2. The Hall–Kier alpha value is -1.63. The van der Waals surface area contributed by atoms with Crippen LogP contribution in [0.4, 0.5) is 0 Å². The highest BCUT2D eigenvalue weighted by Crippen LogP contribution is 2.27. The molecule has 1 aromatic carbocycles. The Morgan fingerprint density at radius 2 is 1.50 bits per heavy atom. The number of benzene rings is 1. The van der Waals surface area contributed by atoms with E-state index in [4.69, 9.17) is 0 Å². The van der Waals surface area contributed by atoms with Gasteiger partial charge in [-0.05, 0) is 37.5 Å². The van der Waals surface area contributed by atoms with E-state index in [0.717, 1.165) is 0 Å². The van der Waals surface area contributed by atoms with Crippen molar-refractivity contribution in [3.63, 3.8) is 0 Å². The summed E-state index contributed by atoms with van der Waals surface area (Å²) < 4.78 is 2.33. The molecule has 1 nitrogen and oxygen atoms in total. The minimum Gasteiger partial charge on any atom is -0.196 e. The van der Waals surface area contributed by atoms with Crippen molar-refractivity contribution in [2.45, 2.75) is 39.7 Å². The average molecular weight is 240 g/mol. The molecule has 0 bridgehead atoms. The quantitative estimate of drug-likeness (QED) is 0.702. The Kier molecular flexibility index (Phi) is 3.81. The maximum Gasteiger partial charge on any atom is 0.212 e. The Balaban J connectivity index is 2.62. The summed E-state index contributed by atoms with van der Waals surface area (Å²) in [4.78, 5) is 0. The molecule has 0 atom stereocenters. The molecular formula is C17H22N+. The van der Waals surface area contributed by atoms with Crippen molar-refractivity contribution in [2.75, 3.05) is 0 Å². The van der Waals surface area contributed by atoms with Crippen LogP contribution >= 0.6 is 0 Å². The van der Waals surface area contributed by atoms with Crippen molar-refractivity contribution in [2.24, 2.45) is 0 Å². The highest BCUT2D eigenvalue weighted by Gasteiger charge is 2.18. The molecule has 18 heavy (non-hydrogen) atoms. The van der Waals surface area contributed by atoms with Crippen molar-refractivity contribution >= 4 is 0 Å². The fraction of sp³-hybridized carbons (Fsp3) is 0.353. The summed E-state index contributed by atoms with van der Waals surface area (Å²) >= 11 is 0. The standard InChI is InChI=1S/C17H22N/c1-13(2)15-9-5-6-10-16(15)17-11-7-8-12-18(17)14(3)4/h5-14H,1-4H3/q+1. The molecular weight excluding hydrogens is 218 g/mol. The van der Waals surface area contributed by atoms with Crippen LogP contribution in [0.15, 0.2) is 48.7 Å². The predicted octanol–water partition coefficient (Wildman–Crippen LogP) is 4.35. The van der Waals surface area contributed by atoms with Crippen LogP contribution in [0.5, 0.6) is 0 Å². The van der Waals surface area contributed by atoms with Crippen LogP contribution in [-0.2, 0) is 0 Å². The monoisotopic (exact) mass is 240 g/mol. The molecule has 0 radical (unpaired) electrons. The van der Waals surface area contributed by atoms with Crippen molar-refractivity contribution in [1.82, 2.24) is 0 Å². The molecule has 0 saturated heterocycles. The zero-order valence-electron chi connectivity index (χ0n) is 11.7. The predicted molar refractivity (Wildman–Crippen MR) is 76.5 cm³/mol. The van der Waals surface area contributed by atoms with Crippen LogP contribution in [0, 0.1) is 0 Å². The lowest BCUT2D eigenvalue weighted by Gasteiger charge is -2.13. The van der Waals surface area contributed by atoms with E-state index in [-0.39, 0.29) is 0 Å². The van der Waals surface area contributed by atoms with Crippen LogP contribution in [0.25, 0.3) is 11.3 Å². The molecule has 0 amide bonds. The highest BCUT2D eigenvalue weighted by atomic mass is 15.0. The Bertz CT molecular complexity index is 477. The maximum absolute atomic E-state index is 2.33. The minimum absolute atomic E-state index is 0.474. The summed E-state index contributed by atoms with van der Waals surface area (Å²) in [5.74, 6) is 0.544. The van der Waals surface area contributed by atoms with Crippen molar-refractivity contribution in [3.05, 3.63) is 54.2 Å². The highest BCUT2D eigenvalue weighted by molar-refractivity contribution is 5.61. The van der Waals surface area contributed by atoms with E-state index in [9.17, 15) is 0 Å². The summed E-state index contributed by atoms with van der Waals surface area (Å²) in [6.45, 7) is 8.95. The fourth-order valence-electron chi connectivity index (χ4n) is 2.37. The molecule has 0 aliphatic rings. The van der Waals surface area contributed by atoms with Gasteiger partial charge in [0.2, 0.25) is 5.69 Å². The first-order valence-corrected chi connectivity index (χ1v) is 6.70. The SMILES string of the molecule is CC(C)c1ccccc1-c1cccc[n+]1C(C)C. The first-order valence-electron chi connectivity index (χ1n) is 6.70. The van der Waals surface area contributed by atoms with E-state index in [0.29, 0.717) is 12.0 Å². The third-order valence-electron chi connectivity index (χ3n) is 3.31. The van der Waals surface area contributed by atoms with Crippen molar-refractivity contribution in [3.8, 4) is 11.3 Å². The molecule has 2 rings (SSSR count). The summed E-state index contributed by atoms with van der Waals surface area (Å²) in [5.41, 5.74) is 4.07. The summed E-state index contributed by atoms with van der Waals surface area (Å²) in [5, 5.41) is 0. The number of hydrogen-bond donors (Lipinski definition) is 0. The van der Waals surface area contributed by atoms with E-state index in [1.807, 2.05) is 0 Å². The molecule has 1 heteroatoms. The Morgan fingerprint density at radius 3 is 2.17 bits per heavy atom. The number of rotatable bonds is 3. The van der Waals surface area contributed by atoms with Crippen LogP contribution in [0.2, 0.25) is 0 Å². The molecule has 0 fully saturated rings. The Morgan fingerprint density at radius 1 is 0.833 bits per heavy atom. The largest absolute Gasteiger partial charge is 0.212 e. The van der Waals surface area contributed by atoms with Gasteiger partial charge in [0.05, 0.1) is 0 Å². The van der Waals surface area contributed by atoms with Gasteiger partial charge in [0, 0.05) is 17.7 Å². The Labute approximate surface area is 110 Å². The van der Waals surface area contributed by atoms with Gasteiger partial charge in [0.15, 0.2) is 12.2 Å². The molecule has 0 saturated carbocycles. The van der Waals surface area contributed by atoms with Crippen LogP contribution in [0.3, 0.4) is 0 Å². The van der Waals surface area contributed by atoms with Gasteiger partial charge in [0.25, 0.3) is 0 Å². The number of nitrogens with zero attached hydrogens (tertiary/aromatic N) is 1. The second-order valence-electron chi connectivity index (χ2n) is 5.33. The zero-order chi connectivity index (χ0) is 13.1. The molecule has 0 N–H and O–H groups in total. The second kappa shape index (κ2) is 5.34. The first-order chi connectivity index (χ1) is 8.61. The summed E-state index contributed by atoms with van der Waals surface area (Å²) in [7, 11) is 0. The summed E-state index contributed by atoms with van der Waals surface area (Å²) in [6, 6.07) is 15.6. The van der Waals surface area contributed by atoms with Crippen molar-refractivity contribution in [1.29, 1.82) is 0 Å². The van der Waals surface area contributed by atoms with E-state index in [2.05, 4.69) is 80.9 Å². The smallest absolute Gasteiger partial charge is 0.196 e. The van der Waals surface area contributed by atoms with Crippen LogP contribution in [0.1, 0.15) is 45.2 Å². The van der Waals surface area contributed by atoms with E-state index < -0.39 is 0 Å². The second-order valence-corrected chi connectivity index (χ2v) is 5.33. The number of hydrogen-bond acceptors (Lipinski definition) is 0. The van der Waals surface area contributed by atoms with E-state index in [1.54, 1.807) is 0 Å². The van der Waals surface area contributed by atoms with Crippen LogP contribution in [-0.4, -0.2) is 0 Å². The lowest BCUT2D eigenvalue weighted by Crippen LogP contribution is -2.38. The number of aromatic nitrogens is 1. The lowest BCUT2D eigenvalue weighted by molar-refractivity contribution is -0.705. The first kappa shape index (κ1) is 12.8. The van der Waals surface area contributed by atoms with Gasteiger partial charge < -0.3 is 0 Å². The van der Waals surface area contributed by atoms with Gasteiger partial charge in [-0.25, -0.2) is 0 Å². The number of pyridine rings is 1. The fourth-order valence-corrected chi connectivity index (χ4v) is 2.37. The van der Waals surface area contributed by atoms with Gasteiger partial charge in [-0.2, -0.15) is 4.57 Å². The van der Waals surface area contributed by atoms with E-state index >= 15 is 0 Å². The average Bonchev–Trinajstić information content (AvgIpc) is 2.38. The van der Waals surface area contributed by atoms with Crippen LogP contribution < -0.4 is 4.57 Å². The maximum atomic E-state index is 2.33. The molecule has 94 valence electrons. The molecule has 0 aliphatic carbocycles. The molecule has 0 unspecified atom stereocenters. The minimum atomic E-state index is 0.474. The topological polar surface area (TPSA) is 3.88 Å². The third kappa shape index (κ3) is 2.45. The van der Waals surface area contributed by atoms with Gasteiger partial charge in [-0.15, -0.1) is 0 Å². The molecule has 2 aromatic rings. The van der Waals surface area contributed by atoms with Gasteiger partial charge in [0.1, 0.15) is 0 Å². The zero-order valence-corrected chi connectivity index (χ0v) is 11.7. The summed E-state index contributed by atoms with van der Waals surface area (Å²) in [6.07, 6.45) is 2.16. The molecule has 0 aliphatic heterocycles. The third-order valence-corrected chi connectivity index (χ3v) is 3.31. The van der Waals surface area contributed by atoms with Gasteiger partial charge in [-0.3, -0.25) is 0 Å². The van der Waals surface area contributed by atoms with E-state index in [1.165, 1.54) is 16.8 Å². The van der Waals surface area contributed by atoms with Crippen molar-refractivity contribution < 1.29 is 4.57 Å². The molecule has 1 heterocycles. The van der Waals surface area contributed by atoms with Gasteiger partial charge in [-0.1, -0.05) is 32.0 Å². The molecule has 1 aromatic heterocycles. The molecule has 0 spiro atoms.